The van der Waals surface area contributed by atoms with Crippen LogP contribution in [0.25, 0.3) is 0 Å². The maximum absolute atomic E-state index is 11.5. The van der Waals surface area contributed by atoms with Crippen molar-refractivity contribution in [2.45, 2.75) is 20.3 Å². The number of rotatable bonds is 5. The molecule has 0 aromatic carbocycles. The molecule has 1 aromatic rings. The number of hydrogen-bond acceptors (Lipinski definition) is 4. The van der Waals surface area contributed by atoms with Crippen molar-refractivity contribution >= 4 is 17.9 Å². The Morgan fingerprint density at radius 3 is 2.33 bits per heavy atom. The Morgan fingerprint density at radius 1 is 1.28 bits per heavy atom. The molecule has 0 amide bonds. The van der Waals surface area contributed by atoms with Crippen molar-refractivity contribution in [1.82, 2.24) is 4.98 Å². The second kappa shape index (κ2) is 5.35. The maximum Gasteiger partial charge on any atom is 0.355 e. The molecular formula is C11H13NO6. The first kappa shape index (κ1) is 13.8. The van der Waals surface area contributed by atoms with Crippen molar-refractivity contribution in [3.05, 3.63) is 22.5 Å². The largest absolute Gasteiger partial charge is 0.481 e. The van der Waals surface area contributed by atoms with Crippen LogP contribution in [0.4, 0.5) is 0 Å². The number of carbonyl (C=O) groups excluding carboxylic acids is 1. The van der Waals surface area contributed by atoms with Crippen LogP contribution in [-0.2, 0) is 16.0 Å². The van der Waals surface area contributed by atoms with Gasteiger partial charge in [-0.2, -0.15) is 0 Å². The number of esters is 1. The van der Waals surface area contributed by atoms with E-state index in [1.165, 1.54) is 6.92 Å². The van der Waals surface area contributed by atoms with Gasteiger partial charge in [0.1, 0.15) is 5.69 Å². The number of aromatic nitrogens is 1. The van der Waals surface area contributed by atoms with Gasteiger partial charge >= 0.3 is 17.9 Å². The zero-order valence-corrected chi connectivity index (χ0v) is 9.94. The summed E-state index contributed by atoms with van der Waals surface area (Å²) in [6.45, 7) is 3.19. The summed E-state index contributed by atoms with van der Waals surface area (Å²) in [5, 5.41) is 17.7. The molecule has 3 N–H and O–H groups in total. The topological polar surface area (TPSA) is 117 Å². The van der Waals surface area contributed by atoms with E-state index in [2.05, 4.69) is 4.98 Å². The summed E-state index contributed by atoms with van der Waals surface area (Å²) in [6.07, 6.45) is -0.498. The van der Waals surface area contributed by atoms with E-state index in [-0.39, 0.29) is 29.1 Å². The summed E-state index contributed by atoms with van der Waals surface area (Å²) in [7, 11) is 0. The molecule has 0 bridgehead atoms. The van der Waals surface area contributed by atoms with Crippen LogP contribution in [0.15, 0.2) is 0 Å². The van der Waals surface area contributed by atoms with Crippen molar-refractivity contribution in [3.8, 4) is 0 Å². The number of aromatic carboxylic acids is 1. The summed E-state index contributed by atoms with van der Waals surface area (Å²) >= 11 is 0. The van der Waals surface area contributed by atoms with Crippen LogP contribution < -0.4 is 0 Å². The summed E-state index contributed by atoms with van der Waals surface area (Å²) in [5.74, 6) is -3.17. The third-order valence-corrected chi connectivity index (χ3v) is 2.35. The molecular weight excluding hydrogens is 242 g/mol. The van der Waals surface area contributed by atoms with Gasteiger partial charge in [0.15, 0.2) is 0 Å². The van der Waals surface area contributed by atoms with Gasteiger partial charge in [-0.05, 0) is 19.4 Å². The molecule has 0 saturated heterocycles. The third kappa shape index (κ3) is 2.68. The van der Waals surface area contributed by atoms with Gasteiger partial charge in [-0.25, -0.2) is 9.59 Å². The molecule has 7 nitrogen and oxygen atoms in total. The van der Waals surface area contributed by atoms with Crippen molar-refractivity contribution in [2.24, 2.45) is 0 Å². The number of aromatic amines is 1. The van der Waals surface area contributed by atoms with E-state index >= 15 is 0 Å². The van der Waals surface area contributed by atoms with Crippen LogP contribution in [0.3, 0.4) is 0 Å². The van der Waals surface area contributed by atoms with Gasteiger partial charge in [0, 0.05) is 5.69 Å². The van der Waals surface area contributed by atoms with Gasteiger partial charge < -0.3 is 19.9 Å². The molecule has 0 fully saturated rings. The highest BCUT2D eigenvalue weighted by Crippen LogP contribution is 2.20. The fraction of sp³-hybridized carbons (Fsp3) is 0.364. The molecule has 0 spiro atoms. The molecule has 18 heavy (non-hydrogen) atoms. The number of ether oxygens (including phenoxy) is 1. The summed E-state index contributed by atoms with van der Waals surface area (Å²) in [6, 6.07) is 0. The standard InChI is InChI=1S/C11H13NO6/c1-3-18-11(17)9-5(2)8(10(15)16)6(12-9)4-7(13)14/h12H,3-4H2,1-2H3,(H,13,14)(H,15,16). The zero-order chi connectivity index (χ0) is 13.9. The van der Waals surface area contributed by atoms with E-state index in [9.17, 15) is 14.4 Å². The molecule has 1 rings (SSSR count). The first-order chi connectivity index (χ1) is 8.38. The molecule has 0 radical (unpaired) electrons. The van der Waals surface area contributed by atoms with Gasteiger partial charge in [-0.15, -0.1) is 0 Å². The molecule has 98 valence electrons. The minimum Gasteiger partial charge on any atom is -0.481 e. The fourth-order valence-electron chi connectivity index (χ4n) is 1.64. The molecule has 0 aliphatic rings. The third-order valence-electron chi connectivity index (χ3n) is 2.35. The van der Waals surface area contributed by atoms with Crippen LogP contribution in [-0.4, -0.2) is 39.7 Å². The monoisotopic (exact) mass is 255 g/mol. The molecule has 1 aromatic heterocycles. The average Bonchev–Trinajstić information content (AvgIpc) is 2.54. The van der Waals surface area contributed by atoms with Crippen molar-refractivity contribution in [3.63, 3.8) is 0 Å². The molecule has 0 aliphatic carbocycles. The Hall–Kier alpha value is -2.31. The fourth-order valence-corrected chi connectivity index (χ4v) is 1.64. The van der Waals surface area contributed by atoms with Gasteiger partial charge in [0.2, 0.25) is 0 Å². The second-order valence-electron chi connectivity index (χ2n) is 3.57. The van der Waals surface area contributed by atoms with E-state index in [1.54, 1.807) is 6.92 Å². The normalized spacial score (nSPS) is 10.1. The van der Waals surface area contributed by atoms with Crippen LogP contribution in [0.5, 0.6) is 0 Å². The predicted octanol–water partition coefficient (Wildman–Crippen LogP) is 0.825. The molecule has 7 heteroatoms. The van der Waals surface area contributed by atoms with E-state index in [0.29, 0.717) is 0 Å². The Morgan fingerprint density at radius 2 is 1.89 bits per heavy atom. The van der Waals surface area contributed by atoms with Crippen molar-refractivity contribution in [2.75, 3.05) is 6.61 Å². The van der Waals surface area contributed by atoms with E-state index < -0.39 is 24.3 Å². The zero-order valence-electron chi connectivity index (χ0n) is 9.94. The average molecular weight is 255 g/mol. The number of carboxylic acid groups (broad SMARTS) is 2. The van der Waals surface area contributed by atoms with Crippen LogP contribution >= 0.6 is 0 Å². The van der Waals surface area contributed by atoms with Crippen molar-refractivity contribution in [1.29, 1.82) is 0 Å². The van der Waals surface area contributed by atoms with Gasteiger partial charge in [-0.1, -0.05) is 0 Å². The highest BCUT2D eigenvalue weighted by molar-refractivity contribution is 5.98. The quantitative estimate of drug-likeness (QED) is 0.671. The Bertz CT molecular complexity index is 502. The predicted molar refractivity (Wildman–Crippen MR) is 59.8 cm³/mol. The summed E-state index contributed by atoms with van der Waals surface area (Å²) < 4.78 is 4.75. The number of carbonyl (C=O) groups is 3. The smallest absolute Gasteiger partial charge is 0.355 e. The second-order valence-corrected chi connectivity index (χ2v) is 3.57. The van der Waals surface area contributed by atoms with E-state index in [0.717, 1.165) is 0 Å². The van der Waals surface area contributed by atoms with Gasteiger partial charge in [0.05, 0.1) is 18.6 Å². The number of nitrogens with one attached hydrogen (secondary N) is 1. The lowest BCUT2D eigenvalue weighted by atomic mass is 10.1. The van der Waals surface area contributed by atoms with Crippen LogP contribution in [0, 0.1) is 6.92 Å². The Kier molecular flexibility index (Phi) is 4.09. The maximum atomic E-state index is 11.5. The summed E-state index contributed by atoms with van der Waals surface area (Å²) in [4.78, 5) is 35.7. The number of aliphatic carboxylic acids is 1. The minimum absolute atomic E-state index is 0.0180. The Balaban J connectivity index is 3.27. The lowest BCUT2D eigenvalue weighted by Crippen LogP contribution is -2.07. The van der Waals surface area contributed by atoms with Gasteiger partial charge in [-0.3, -0.25) is 4.79 Å². The molecule has 0 unspecified atom stereocenters. The molecule has 0 atom stereocenters. The van der Waals surface area contributed by atoms with E-state index in [4.69, 9.17) is 14.9 Å². The number of carboxylic acids is 2. The molecule has 0 aliphatic heterocycles. The highest BCUT2D eigenvalue weighted by atomic mass is 16.5. The lowest BCUT2D eigenvalue weighted by Gasteiger charge is -1.99. The highest BCUT2D eigenvalue weighted by Gasteiger charge is 2.25. The van der Waals surface area contributed by atoms with Crippen LogP contribution in [0.1, 0.15) is 39.0 Å². The summed E-state index contributed by atoms with van der Waals surface area (Å²) in [5.41, 5.74) is -0.0568. The number of H-pyrrole nitrogens is 1. The van der Waals surface area contributed by atoms with E-state index in [1.807, 2.05) is 0 Å². The lowest BCUT2D eigenvalue weighted by molar-refractivity contribution is -0.136. The molecule has 0 saturated carbocycles. The van der Waals surface area contributed by atoms with Crippen molar-refractivity contribution < 1.29 is 29.3 Å². The van der Waals surface area contributed by atoms with Gasteiger partial charge in [0.25, 0.3) is 0 Å². The first-order valence-corrected chi connectivity index (χ1v) is 5.22. The Labute approximate surface area is 102 Å². The molecule has 1 heterocycles. The number of hydrogen-bond donors (Lipinski definition) is 3. The minimum atomic E-state index is -1.28. The first-order valence-electron chi connectivity index (χ1n) is 5.22. The SMILES string of the molecule is CCOC(=O)c1[nH]c(CC(=O)O)c(C(=O)O)c1C. The van der Waals surface area contributed by atoms with Crippen LogP contribution in [0.2, 0.25) is 0 Å².